The number of benzene rings is 1. The zero-order valence-corrected chi connectivity index (χ0v) is 9.80. The van der Waals surface area contributed by atoms with Gasteiger partial charge in [0, 0.05) is 0 Å². The number of nitrogens with one attached hydrogen (secondary N) is 1. The molecule has 4 nitrogen and oxygen atoms in total. The molecule has 1 unspecified atom stereocenters. The molecule has 0 radical (unpaired) electrons. The Morgan fingerprint density at radius 2 is 1.94 bits per heavy atom. The topological polar surface area (TPSA) is 81.3 Å². The SMILES string of the molecule is [B+2]c1ccc(CCC2CNCCO2)cc1.[OH-].[OH-]. The fourth-order valence-corrected chi connectivity index (χ4v) is 1.82. The first-order valence-corrected chi connectivity index (χ1v) is 5.51. The summed E-state index contributed by atoms with van der Waals surface area (Å²) >= 11 is 0. The Bertz CT molecular complexity index is 299. The van der Waals surface area contributed by atoms with E-state index < -0.39 is 0 Å². The van der Waals surface area contributed by atoms with Gasteiger partial charge in [0.15, 0.2) is 0 Å². The quantitative estimate of drug-likeness (QED) is 0.750. The van der Waals surface area contributed by atoms with Gasteiger partial charge in [0.1, 0.15) is 0 Å². The molecule has 2 rings (SSSR count). The Kier molecular flexibility index (Phi) is 7.83. The molecule has 92 valence electrons. The van der Waals surface area contributed by atoms with Gasteiger partial charge >= 0.3 is 91.8 Å². The number of aryl methyl sites for hydroxylation is 1. The van der Waals surface area contributed by atoms with Gasteiger partial charge in [-0.2, -0.15) is 0 Å². The van der Waals surface area contributed by atoms with Crippen molar-refractivity contribution in [2.75, 3.05) is 19.7 Å². The molecule has 1 aromatic carbocycles. The third-order valence-corrected chi connectivity index (χ3v) is 2.74. The van der Waals surface area contributed by atoms with Crippen LogP contribution in [-0.4, -0.2) is 44.6 Å². The summed E-state index contributed by atoms with van der Waals surface area (Å²) in [6.07, 6.45) is 2.51. The Hall–Kier alpha value is -0.875. The minimum absolute atomic E-state index is 0. The van der Waals surface area contributed by atoms with E-state index in [2.05, 4.69) is 17.4 Å². The van der Waals surface area contributed by atoms with Crippen LogP contribution in [0.4, 0.5) is 0 Å². The van der Waals surface area contributed by atoms with Crippen LogP contribution in [0.2, 0.25) is 0 Å². The first kappa shape index (κ1) is 16.1. The Morgan fingerprint density at radius 1 is 1.24 bits per heavy atom. The first-order chi connectivity index (χ1) is 7.34. The van der Waals surface area contributed by atoms with Crippen molar-refractivity contribution in [2.45, 2.75) is 18.9 Å². The minimum atomic E-state index is 0. The van der Waals surface area contributed by atoms with Crippen molar-refractivity contribution in [1.82, 2.24) is 5.32 Å². The van der Waals surface area contributed by atoms with E-state index in [0.717, 1.165) is 38.0 Å². The van der Waals surface area contributed by atoms with Crippen LogP contribution in [0, 0.1) is 0 Å². The third kappa shape index (κ3) is 5.32. The molecule has 1 aliphatic heterocycles. The van der Waals surface area contributed by atoms with Crippen LogP contribution in [0.3, 0.4) is 0 Å². The van der Waals surface area contributed by atoms with Crippen molar-refractivity contribution in [3.63, 3.8) is 0 Å². The van der Waals surface area contributed by atoms with Crippen LogP contribution in [-0.2, 0) is 11.2 Å². The van der Waals surface area contributed by atoms with E-state index in [0.29, 0.717) is 6.10 Å². The maximum absolute atomic E-state index is 5.64. The molecule has 1 saturated heterocycles. The number of hydrogen-bond donors (Lipinski definition) is 1. The van der Waals surface area contributed by atoms with Crippen molar-refractivity contribution in [3.05, 3.63) is 29.8 Å². The molecule has 17 heavy (non-hydrogen) atoms. The van der Waals surface area contributed by atoms with Gasteiger partial charge in [0.25, 0.3) is 0 Å². The van der Waals surface area contributed by atoms with Crippen molar-refractivity contribution in [1.29, 1.82) is 0 Å². The van der Waals surface area contributed by atoms with E-state index in [1.165, 1.54) is 5.56 Å². The van der Waals surface area contributed by atoms with Crippen LogP contribution >= 0.6 is 0 Å². The fraction of sp³-hybridized carbons (Fsp3) is 0.500. The van der Waals surface area contributed by atoms with Crippen molar-refractivity contribution < 1.29 is 15.7 Å². The van der Waals surface area contributed by atoms with Crippen LogP contribution < -0.4 is 10.8 Å². The predicted octanol–water partition coefficient (Wildman–Crippen LogP) is 0.0478. The van der Waals surface area contributed by atoms with Gasteiger partial charge in [-0.15, -0.1) is 0 Å². The first-order valence-electron chi connectivity index (χ1n) is 5.51. The number of rotatable bonds is 3. The Morgan fingerprint density at radius 3 is 2.53 bits per heavy atom. The molecule has 1 aliphatic rings. The standard InChI is InChI=1S/C12H16BNO.2H2O/c13-11-4-1-10(2-5-11)3-6-12-9-14-7-8-15-12;;/h1-2,4-5,12,14H,3,6-9H2;2*1H2/q+2;;/p-2. The summed E-state index contributed by atoms with van der Waals surface area (Å²) in [6, 6.07) is 8.09. The van der Waals surface area contributed by atoms with E-state index in [1.54, 1.807) is 0 Å². The average Bonchev–Trinajstić information content (AvgIpc) is 2.30. The monoisotopic (exact) mass is 235 g/mol. The van der Waals surface area contributed by atoms with Crippen LogP contribution in [0.25, 0.3) is 0 Å². The Balaban J connectivity index is 0.00000128. The Labute approximate surface area is 103 Å². The zero-order valence-electron chi connectivity index (χ0n) is 9.80. The van der Waals surface area contributed by atoms with Gasteiger partial charge in [-0.25, -0.2) is 0 Å². The number of hydrogen-bond acceptors (Lipinski definition) is 4. The summed E-state index contributed by atoms with van der Waals surface area (Å²) < 4.78 is 5.64. The minimum Gasteiger partial charge on any atom is -0.870 e. The van der Waals surface area contributed by atoms with Gasteiger partial charge in [-0.3, -0.25) is 0 Å². The zero-order chi connectivity index (χ0) is 10.5. The van der Waals surface area contributed by atoms with E-state index in [9.17, 15) is 0 Å². The predicted molar refractivity (Wildman–Crippen MR) is 66.6 cm³/mol. The van der Waals surface area contributed by atoms with Crippen LogP contribution in [0.15, 0.2) is 24.3 Å². The number of morpholine rings is 1. The maximum Gasteiger partial charge on any atom is -0.870 e. The van der Waals surface area contributed by atoms with Gasteiger partial charge < -0.3 is 11.0 Å². The van der Waals surface area contributed by atoms with Gasteiger partial charge in [-0.1, -0.05) is 0 Å². The smallest absolute Gasteiger partial charge is 0.870 e. The van der Waals surface area contributed by atoms with Gasteiger partial charge in [-0.05, 0) is 0 Å². The summed E-state index contributed by atoms with van der Waals surface area (Å²) in [5.41, 5.74) is 2.16. The maximum atomic E-state index is 5.64. The van der Waals surface area contributed by atoms with Crippen molar-refractivity contribution in [3.8, 4) is 0 Å². The van der Waals surface area contributed by atoms with E-state index in [1.807, 2.05) is 12.1 Å². The van der Waals surface area contributed by atoms with Gasteiger partial charge in [0.2, 0.25) is 0 Å². The summed E-state index contributed by atoms with van der Waals surface area (Å²) in [4.78, 5) is 0. The van der Waals surface area contributed by atoms with Crippen LogP contribution in [0.5, 0.6) is 0 Å². The molecule has 0 amide bonds. The molecular formula is C12H18BNO3. The van der Waals surface area contributed by atoms with Crippen molar-refractivity contribution in [2.24, 2.45) is 0 Å². The normalized spacial score (nSPS) is 19.1. The number of ether oxygens (including phenoxy) is 1. The molecule has 5 heteroatoms. The second-order valence-electron chi connectivity index (χ2n) is 3.98. The summed E-state index contributed by atoms with van der Waals surface area (Å²) in [5, 5.41) is 3.34. The van der Waals surface area contributed by atoms with Crippen molar-refractivity contribution >= 4 is 13.3 Å². The molecule has 1 aromatic rings. The fourth-order valence-electron chi connectivity index (χ4n) is 1.82. The van der Waals surface area contributed by atoms with Gasteiger partial charge in [0.05, 0.1) is 0 Å². The summed E-state index contributed by atoms with van der Waals surface area (Å²) in [7, 11) is 5.63. The molecule has 3 N–H and O–H groups in total. The molecule has 1 fully saturated rings. The average molecular weight is 235 g/mol. The molecule has 0 bridgehead atoms. The molecule has 0 saturated carbocycles. The third-order valence-electron chi connectivity index (χ3n) is 2.74. The molecule has 0 aromatic heterocycles. The second kappa shape index (κ2) is 8.25. The van der Waals surface area contributed by atoms with E-state index in [4.69, 9.17) is 12.6 Å². The molecule has 0 spiro atoms. The second-order valence-corrected chi connectivity index (χ2v) is 3.98. The summed E-state index contributed by atoms with van der Waals surface area (Å²) in [6.45, 7) is 2.81. The molecule has 0 aliphatic carbocycles. The van der Waals surface area contributed by atoms with E-state index in [-0.39, 0.29) is 11.0 Å². The van der Waals surface area contributed by atoms with E-state index >= 15 is 0 Å². The summed E-state index contributed by atoms with van der Waals surface area (Å²) in [5.74, 6) is 0. The van der Waals surface area contributed by atoms with Crippen LogP contribution in [0.1, 0.15) is 12.0 Å². The molecular weight excluding hydrogens is 217 g/mol. The molecule has 1 heterocycles. The largest absolute Gasteiger partial charge is 0.870 e. The molecule has 1 atom stereocenters.